The quantitative estimate of drug-likeness (QED) is 0.438. The Morgan fingerprint density at radius 1 is 1.30 bits per heavy atom. The Morgan fingerprint density at radius 2 is 2.05 bits per heavy atom. The molecule has 0 atom stereocenters. The number of rotatable bonds is 5. The van der Waals surface area contributed by atoms with Gasteiger partial charge in [-0.05, 0) is 36.8 Å². The zero-order valence-electron chi connectivity index (χ0n) is 12.2. The molecule has 0 aliphatic heterocycles. The van der Waals surface area contributed by atoms with E-state index in [9.17, 15) is 4.79 Å². The highest BCUT2D eigenvalue weighted by Crippen LogP contribution is 2.12. The summed E-state index contributed by atoms with van der Waals surface area (Å²) >= 11 is 5.06. The van der Waals surface area contributed by atoms with Crippen LogP contribution in [-0.2, 0) is 0 Å². The third-order valence-electron chi connectivity index (χ3n) is 2.73. The largest absolute Gasteiger partial charge is 0.378 e. The van der Waals surface area contributed by atoms with Crippen LogP contribution in [0.2, 0.25) is 0 Å². The number of hydrazine groups is 1. The Balaban J connectivity index is 2.46. The first-order valence-electron chi connectivity index (χ1n) is 6.66. The van der Waals surface area contributed by atoms with Gasteiger partial charge in [-0.2, -0.15) is 0 Å². The van der Waals surface area contributed by atoms with E-state index in [0.29, 0.717) is 10.7 Å². The van der Waals surface area contributed by atoms with Crippen molar-refractivity contribution in [1.29, 1.82) is 0 Å². The van der Waals surface area contributed by atoms with E-state index in [1.165, 1.54) is 0 Å². The first kappa shape index (κ1) is 16.2. The van der Waals surface area contributed by atoms with Gasteiger partial charge in [-0.1, -0.05) is 19.4 Å². The second-order valence-corrected chi connectivity index (χ2v) is 5.04. The lowest BCUT2D eigenvalue weighted by Gasteiger charge is -2.14. The summed E-state index contributed by atoms with van der Waals surface area (Å²) in [5.41, 5.74) is 6.83. The fourth-order valence-corrected chi connectivity index (χ4v) is 1.69. The van der Waals surface area contributed by atoms with Gasteiger partial charge in [0.1, 0.15) is 0 Å². The molecule has 0 bridgehead atoms. The molecule has 0 aliphatic carbocycles. The van der Waals surface area contributed by atoms with Crippen molar-refractivity contribution in [2.24, 2.45) is 0 Å². The third kappa shape index (κ3) is 5.44. The van der Waals surface area contributed by atoms with Crippen LogP contribution in [0.1, 0.15) is 30.1 Å². The molecule has 0 unspecified atom stereocenters. The zero-order valence-corrected chi connectivity index (χ0v) is 13.0. The second kappa shape index (κ2) is 8.37. The number of carbonyl (C=O) groups excluding carboxylic acids is 1. The zero-order chi connectivity index (χ0) is 15.0. The second-order valence-electron chi connectivity index (χ2n) is 4.63. The van der Waals surface area contributed by atoms with Crippen molar-refractivity contribution in [2.75, 3.05) is 25.5 Å². The van der Waals surface area contributed by atoms with Gasteiger partial charge in [-0.25, -0.2) is 0 Å². The Labute approximate surface area is 125 Å². The van der Waals surface area contributed by atoms with Crippen molar-refractivity contribution in [1.82, 2.24) is 16.2 Å². The van der Waals surface area contributed by atoms with Crippen molar-refractivity contribution in [3.05, 3.63) is 29.8 Å². The number of carbonyl (C=O) groups is 1. The summed E-state index contributed by atoms with van der Waals surface area (Å²) in [6, 6.07) is 7.38. The van der Waals surface area contributed by atoms with E-state index in [0.717, 1.165) is 25.1 Å². The average Bonchev–Trinajstić information content (AvgIpc) is 2.45. The SMILES string of the molecule is CCCCNC(=S)NNC(=O)c1cccc(N(C)C)c1. The smallest absolute Gasteiger partial charge is 0.269 e. The molecule has 1 aromatic carbocycles. The van der Waals surface area contributed by atoms with Gasteiger partial charge in [0, 0.05) is 31.9 Å². The number of benzene rings is 1. The summed E-state index contributed by atoms with van der Waals surface area (Å²) < 4.78 is 0. The Kier molecular flexibility index (Phi) is 6.79. The number of anilines is 1. The van der Waals surface area contributed by atoms with E-state index in [2.05, 4.69) is 23.1 Å². The number of hydrogen-bond donors (Lipinski definition) is 3. The van der Waals surface area contributed by atoms with Crippen LogP contribution < -0.4 is 21.1 Å². The molecule has 6 heteroatoms. The van der Waals surface area contributed by atoms with Gasteiger partial charge in [0.15, 0.2) is 5.11 Å². The molecule has 1 rings (SSSR count). The molecule has 0 spiro atoms. The molecule has 0 aliphatic rings. The molecule has 0 aromatic heterocycles. The number of thiocarbonyl (C=S) groups is 1. The monoisotopic (exact) mass is 294 g/mol. The van der Waals surface area contributed by atoms with Crippen molar-refractivity contribution in [2.45, 2.75) is 19.8 Å². The van der Waals surface area contributed by atoms with Crippen LogP contribution in [0.15, 0.2) is 24.3 Å². The lowest BCUT2D eigenvalue weighted by atomic mass is 10.2. The Morgan fingerprint density at radius 3 is 2.70 bits per heavy atom. The van der Waals surface area contributed by atoms with E-state index in [1.807, 2.05) is 37.2 Å². The highest BCUT2D eigenvalue weighted by molar-refractivity contribution is 7.80. The first-order valence-corrected chi connectivity index (χ1v) is 7.07. The van der Waals surface area contributed by atoms with Crippen LogP contribution in [0.5, 0.6) is 0 Å². The summed E-state index contributed by atoms with van der Waals surface area (Å²) in [4.78, 5) is 13.9. The summed E-state index contributed by atoms with van der Waals surface area (Å²) in [6.45, 7) is 2.91. The van der Waals surface area contributed by atoms with Gasteiger partial charge >= 0.3 is 0 Å². The highest BCUT2D eigenvalue weighted by atomic mass is 32.1. The Hall–Kier alpha value is -1.82. The van der Waals surface area contributed by atoms with Crippen LogP contribution in [0.4, 0.5) is 5.69 Å². The fourth-order valence-electron chi connectivity index (χ4n) is 1.53. The maximum absolute atomic E-state index is 12.0. The normalized spacial score (nSPS) is 9.75. The minimum absolute atomic E-state index is 0.214. The molecule has 1 amide bonds. The summed E-state index contributed by atoms with van der Waals surface area (Å²) in [5.74, 6) is -0.214. The lowest BCUT2D eigenvalue weighted by molar-refractivity contribution is 0.0943. The number of unbranched alkanes of at least 4 members (excludes halogenated alkanes) is 1. The third-order valence-corrected chi connectivity index (χ3v) is 2.98. The number of amides is 1. The van der Waals surface area contributed by atoms with Crippen molar-refractivity contribution >= 4 is 28.9 Å². The van der Waals surface area contributed by atoms with Gasteiger partial charge < -0.3 is 10.2 Å². The molecule has 0 saturated carbocycles. The van der Waals surface area contributed by atoms with Crippen LogP contribution in [0.25, 0.3) is 0 Å². The molecule has 20 heavy (non-hydrogen) atoms. The van der Waals surface area contributed by atoms with Gasteiger partial charge in [0.2, 0.25) is 0 Å². The maximum atomic E-state index is 12.0. The lowest BCUT2D eigenvalue weighted by Crippen LogP contribution is -2.46. The summed E-state index contributed by atoms with van der Waals surface area (Å²) in [5, 5.41) is 3.44. The van der Waals surface area contributed by atoms with Crippen molar-refractivity contribution in [3.63, 3.8) is 0 Å². The van der Waals surface area contributed by atoms with Gasteiger partial charge in [0.25, 0.3) is 5.91 Å². The van der Waals surface area contributed by atoms with E-state index < -0.39 is 0 Å². The molecular weight excluding hydrogens is 272 g/mol. The molecule has 0 saturated heterocycles. The van der Waals surface area contributed by atoms with E-state index in [1.54, 1.807) is 6.07 Å². The number of nitrogens with one attached hydrogen (secondary N) is 3. The average molecular weight is 294 g/mol. The number of nitrogens with zero attached hydrogens (tertiary/aromatic N) is 1. The maximum Gasteiger partial charge on any atom is 0.269 e. The molecule has 1 aromatic rings. The van der Waals surface area contributed by atoms with Crippen LogP contribution in [0, 0.1) is 0 Å². The Bertz CT molecular complexity index is 462. The highest BCUT2D eigenvalue weighted by Gasteiger charge is 2.07. The van der Waals surface area contributed by atoms with Gasteiger partial charge in [0.05, 0.1) is 0 Å². The topological polar surface area (TPSA) is 56.4 Å². The van der Waals surface area contributed by atoms with Crippen LogP contribution in [-0.4, -0.2) is 31.7 Å². The van der Waals surface area contributed by atoms with Crippen molar-refractivity contribution < 1.29 is 4.79 Å². The summed E-state index contributed by atoms with van der Waals surface area (Å²) in [7, 11) is 3.87. The van der Waals surface area contributed by atoms with E-state index in [4.69, 9.17) is 12.2 Å². The molecule has 0 fully saturated rings. The van der Waals surface area contributed by atoms with Crippen molar-refractivity contribution in [3.8, 4) is 0 Å². The minimum Gasteiger partial charge on any atom is -0.378 e. The first-order chi connectivity index (χ1) is 9.54. The number of hydrogen-bond acceptors (Lipinski definition) is 3. The van der Waals surface area contributed by atoms with E-state index >= 15 is 0 Å². The molecule has 0 heterocycles. The standard InChI is InChI=1S/C14H22N4OS/c1-4-5-9-15-14(20)17-16-13(19)11-7-6-8-12(10-11)18(2)3/h6-8,10H,4-5,9H2,1-3H3,(H,16,19)(H2,15,17,20). The predicted octanol–water partition coefficient (Wildman–Crippen LogP) is 1.66. The molecule has 3 N–H and O–H groups in total. The van der Waals surface area contributed by atoms with Crippen LogP contribution in [0.3, 0.4) is 0 Å². The van der Waals surface area contributed by atoms with E-state index in [-0.39, 0.29) is 5.91 Å². The molecular formula is C14H22N4OS. The predicted molar refractivity (Wildman–Crippen MR) is 86.9 cm³/mol. The van der Waals surface area contributed by atoms with Crippen LogP contribution >= 0.6 is 12.2 Å². The fraction of sp³-hybridized carbons (Fsp3) is 0.429. The molecule has 110 valence electrons. The van der Waals surface area contributed by atoms with Gasteiger partial charge in [-0.3, -0.25) is 15.6 Å². The van der Waals surface area contributed by atoms with Gasteiger partial charge in [-0.15, -0.1) is 0 Å². The minimum atomic E-state index is -0.214. The summed E-state index contributed by atoms with van der Waals surface area (Å²) in [6.07, 6.45) is 2.14. The molecule has 0 radical (unpaired) electrons. The molecule has 5 nitrogen and oxygen atoms in total.